The number of carbonyl (C=O) groups excluding carboxylic acids is 1. The summed E-state index contributed by atoms with van der Waals surface area (Å²) in [6.07, 6.45) is 1.88. The number of hydrogen-bond donors (Lipinski definition) is 1. The summed E-state index contributed by atoms with van der Waals surface area (Å²) >= 11 is 3.26. The zero-order chi connectivity index (χ0) is 14.3. The number of carbonyl (C=O) groups is 1. The highest BCUT2D eigenvalue weighted by molar-refractivity contribution is 9.09. The van der Waals surface area contributed by atoms with E-state index in [1.807, 2.05) is 6.07 Å². The molecule has 0 fully saturated rings. The lowest BCUT2D eigenvalue weighted by Crippen LogP contribution is -2.12. The predicted octanol–water partition coefficient (Wildman–Crippen LogP) is 2.97. The zero-order valence-corrected chi connectivity index (χ0v) is 11.6. The van der Waals surface area contributed by atoms with Gasteiger partial charge in [-0.2, -0.15) is 5.26 Å². The monoisotopic (exact) mass is 325 g/mol. The molecule has 0 bridgehead atoms. The third-order valence-corrected chi connectivity index (χ3v) is 2.95. The van der Waals surface area contributed by atoms with Crippen LogP contribution in [0.5, 0.6) is 0 Å². The maximum absolute atomic E-state index is 11.6. The number of rotatable bonds is 6. The van der Waals surface area contributed by atoms with E-state index >= 15 is 0 Å². The first-order valence-electron chi connectivity index (χ1n) is 5.63. The number of alkyl halides is 1. The van der Waals surface area contributed by atoms with Crippen LogP contribution in [0.2, 0.25) is 0 Å². The van der Waals surface area contributed by atoms with E-state index in [1.165, 1.54) is 12.1 Å². The minimum absolute atomic E-state index is 0.118. The summed E-state index contributed by atoms with van der Waals surface area (Å²) in [5.41, 5.74) is 0.0321. The normalized spacial score (nSPS) is 9.68. The standard InChI is InChI=1S/C12H12BrN3O3/c13-6-2-1-3-12(17)15-10-5-4-9(8-14)7-11(10)16(18)19/h4-5,7H,1-3,6H2,(H,15,17). The number of nitrogens with zero attached hydrogens (tertiary/aromatic N) is 2. The molecule has 1 rings (SSSR count). The molecule has 1 aromatic carbocycles. The Balaban J connectivity index is 2.80. The van der Waals surface area contributed by atoms with Crippen molar-refractivity contribution in [2.75, 3.05) is 10.6 Å². The van der Waals surface area contributed by atoms with Crippen LogP contribution in [0.1, 0.15) is 24.8 Å². The van der Waals surface area contributed by atoms with Crippen molar-refractivity contribution in [3.63, 3.8) is 0 Å². The average Bonchev–Trinajstić information content (AvgIpc) is 2.39. The van der Waals surface area contributed by atoms with Gasteiger partial charge in [0.15, 0.2) is 0 Å². The molecule has 0 saturated heterocycles. The lowest BCUT2D eigenvalue weighted by molar-refractivity contribution is -0.383. The molecular weight excluding hydrogens is 314 g/mol. The molecule has 100 valence electrons. The van der Waals surface area contributed by atoms with Crippen LogP contribution in [-0.4, -0.2) is 16.2 Å². The Bertz CT molecular complexity index is 525. The van der Waals surface area contributed by atoms with Crippen molar-refractivity contribution in [3.05, 3.63) is 33.9 Å². The SMILES string of the molecule is N#Cc1ccc(NC(=O)CCCCBr)c([N+](=O)[O-])c1. The van der Waals surface area contributed by atoms with Gasteiger partial charge in [-0.15, -0.1) is 0 Å². The second-order valence-corrected chi connectivity index (χ2v) is 4.59. The van der Waals surface area contributed by atoms with Gasteiger partial charge < -0.3 is 5.32 Å². The van der Waals surface area contributed by atoms with E-state index in [1.54, 1.807) is 0 Å². The van der Waals surface area contributed by atoms with Crippen molar-refractivity contribution < 1.29 is 9.72 Å². The summed E-state index contributed by atoms with van der Waals surface area (Å²) in [6.45, 7) is 0. The van der Waals surface area contributed by atoms with E-state index in [0.29, 0.717) is 12.8 Å². The van der Waals surface area contributed by atoms with E-state index in [4.69, 9.17) is 5.26 Å². The van der Waals surface area contributed by atoms with Crippen molar-refractivity contribution in [1.29, 1.82) is 5.26 Å². The van der Waals surface area contributed by atoms with Crippen molar-refractivity contribution in [3.8, 4) is 6.07 Å². The molecule has 0 radical (unpaired) electrons. The average molecular weight is 326 g/mol. The van der Waals surface area contributed by atoms with E-state index in [-0.39, 0.29) is 22.8 Å². The molecule has 0 saturated carbocycles. The van der Waals surface area contributed by atoms with E-state index in [2.05, 4.69) is 21.2 Å². The smallest absolute Gasteiger partial charge is 0.294 e. The number of nitriles is 1. The molecule has 0 aliphatic rings. The van der Waals surface area contributed by atoms with Crippen LogP contribution in [0.4, 0.5) is 11.4 Å². The number of nitro benzene ring substituents is 1. The molecule has 1 amide bonds. The van der Waals surface area contributed by atoms with Gasteiger partial charge in [0.2, 0.25) is 5.91 Å². The number of hydrogen-bond acceptors (Lipinski definition) is 4. The minimum Gasteiger partial charge on any atom is -0.320 e. The molecule has 0 aromatic heterocycles. The fraction of sp³-hybridized carbons (Fsp3) is 0.333. The highest BCUT2D eigenvalue weighted by Crippen LogP contribution is 2.25. The van der Waals surface area contributed by atoms with Gasteiger partial charge in [0.25, 0.3) is 5.69 Å². The highest BCUT2D eigenvalue weighted by Gasteiger charge is 2.16. The van der Waals surface area contributed by atoms with Gasteiger partial charge in [0.1, 0.15) is 5.69 Å². The third kappa shape index (κ3) is 4.67. The third-order valence-electron chi connectivity index (χ3n) is 2.39. The van der Waals surface area contributed by atoms with Crippen molar-refractivity contribution in [2.24, 2.45) is 0 Å². The summed E-state index contributed by atoms with van der Waals surface area (Å²) < 4.78 is 0. The van der Waals surface area contributed by atoms with Crippen LogP contribution in [0.15, 0.2) is 18.2 Å². The molecule has 0 spiro atoms. The van der Waals surface area contributed by atoms with Gasteiger partial charge in [-0.05, 0) is 25.0 Å². The van der Waals surface area contributed by atoms with Gasteiger partial charge in [-0.1, -0.05) is 15.9 Å². The molecule has 1 N–H and O–H groups in total. The molecular formula is C12H12BrN3O3. The molecule has 7 heteroatoms. The Morgan fingerprint density at radius 3 is 2.79 bits per heavy atom. The topological polar surface area (TPSA) is 96.0 Å². The molecule has 0 aliphatic carbocycles. The predicted molar refractivity (Wildman–Crippen MR) is 74.1 cm³/mol. The number of nitro groups is 1. The van der Waals surface area contributed by atoms with Crippen molar-refractivity contribution in [1.82, 2.24) is 0 Å². The van der Waals surface area contributed by atoms with Gasteiger partial charge in [0, 0.05) is 17.8 Å². The highest BCUT2D eigenvalue weighted by atomic mass is 79.9. The van der Waals surface area contributed by atoms with Gasteiger partial charge >= 0.3 is 0 Å². The summed E-state index contributed by atoms with van der Waals surface area (Å²) in [6, 6.07) is 5.77. The van der Waals surface area contributed by atoms with Crippen molar-refractivity contribution in [2.45, 2.75) is 19.3 Å². The Morgan fingerprint density at radius 1 is 1.47 bits per heavy atom. The lowest BCUT2D eigenvalue weighted by Gasteiger charge is -2.05. The van der Waals surface area contributed by atoms with Crippen LogP contribution in [-0.2, 0) is 4.79 Å². The Labute approximate surface area is 118 Å². The van der Waals surface area contributed by atoms with Crippen LogP contribution in [0.3, 0.4) is 0 Å². The fourth-order valence-electron chi connectivity index (χ4n) is 1.45. The Kier molecular flexibility index (Phi) is 5.96. The van der Waals surface area contributed by atoms with Gasteiger partial charge in [-0.3, -0.25) is 14.9 Å². The van der Waals surface area contributed by atoms with E-state index in [0.717, 1.165) is 17.8 Å². The van der Waals surface area contributed by atoms with Gasteiger partial charge in [0.05, 0.1) is 16.6 Å². The Hall–Kier alpha value is -1.94. The molecule has 0 unspecified atom stereocenters. The largest absolute Gasteiger partial charge is 0.320 e. The number of amides is 1. The zero-order valence-electron chi connectivity index (χ0n) is 10.1. The first-order valence-corrected chi connectivity index (χ1v) is 6.75. The molecule has 6 nitrogen and oxygen atoms in total. The number of nitrogens with one attached hydrogen (secondary N) is 1. The number of benzene rings is 1. The van der Waals surface area contributed by atoms with Gasteiger partial charge in [-0.25, -0.2) is 0 Å². The minimum atomic E-state index is -0.616. The maximum Gasteiger partial charge on any atom is 0.294 e. The lowest BCUT2D eigenvalue weighted by atomic mass is 10.1. The summed E-state index contributed by atoms with van der Waals surface area (Å²) in [4.78, 5) is 21.9. The number of unbranched alkanes of at least 4 members (excludes halogenated alkanes) is 1. The second-order valence-electron chi connectivity index (χ2n) is 3.80. The summed E-state index contributed by atoms with van der Waals surface area (Å²) in [5.74, 6) is -0.270. The fourth-order valence-corrected chi connectivity index (χ4v) is 1.85. The van der Waals surface area contributed by atoms with Crippen molar-refractivity contribution >= 4 is 33.2 Å². The molecule has 1 aromatic rings. The Morgan fingerprint density at radius 2 is 2.21 bits per heavy atom. The first kappa shape index (κ1) is 15.1. The first-order chi connectivity index (χ1) is 9.08. The molecule has 0 heterocycles. The quantitative estimate of drug-likeness (QED) is 0.376. The second kappa shape index (κ2) is 7.48. The van der Waals surface area contributed by atoms with Crippen LogP contribution in [0, 0.1) is 21.4 Å². The van der Waals surface area contributed by atoms with Crippen LogP contribution < -0.4 is 5.32 Å². The van der Waals surface area contributed by atoms with E-state index < -0.39 is 4.92 Å². The maximum atomic E-state index is 11.6. The summed E-state index contributed by atoms with van der Waals surface area (Å²) in [7, 11) is 0. The molecule has 19 heavy (non-hydrogen) atoms. The molecule has 0 atom stereocenters. The molecule has 0 aliphatic heterocycles. The van der Waals surface area contributed by atoms with E-state index in [9.17, 15) is 14.9 Å². The van der Waals surface area contributed by atoms with Crippen LogP contribution in [0.25, 0.3) is 0 Å². The number of anilines is 1. The van der Waals surface area contributed by atoms with Crippen LogP contribution >= 0.6 is 15.9 Å². The summed E-state index contributed by atoms with van der Waals surface area (Å²) in [5, 5.41) is 22.9. The number of halogens is 1.